The Morgan fingerprint density at radius 1 is 1.00 bits per heavy atom. The summed E-state index contributed by atoms with van der Waals surface area (Å²) in [5.74, 6) is -0.0173. The molecule has 2 unspecified atom stereocenters. The van der Waals surface area contributed by atoms with Crippen LogP contribution in [-0.4, -0.2) is 17.8 Å². The molecule has 0 spiro atoms. The molecule has 0 saturated carbocycles. The van der Waals surface area contributed by atoms with Gasteiger partial charge in [-0.15, -0.1) is 0 Å². The van der Waals surface area contributed by atoms with Crippen LogP contribution in [0.4, 0.5) is 0 Å². The molecule has 0 fully saturated rings. The van der Waals surface area contributed by atoms with Crippen molar-refractivity contribution in [2.24, 2.45) is 5.73 Å². The third kappa shape index (κ3) is 4.67. The van der Waals surface area contributed by atoms with Crippen molar-refractivity contribution in [2.45, 2.75) is 31.3 Å². The number of benzene rings is 2. The van der Waals surface area contributed by atoms with Gasteiger partial charge >= 0.3 is 0 Å². The van der Waals surface area contributed by atoms with Crippen molar-refractivity contribution in [3.05, 3.63) is 70.2 Å². The van der Waals surface area contributed by atoms with Crippen LogP contribution in [0.2, 0.25) is 0 Å². The number of aliphatic hydroxyl groups is 1. The first-order chi connectivity index (χ1) is 10.2. The van der Waals surface area contributed by atoms with E-state index in [1.807, 2.05) is 30.3 Å². The van der Waals surface area contributed by atoms with E-state index in [1.54, 1.807) is 0 Å². The van der Waals surface area contributed by atoms with E-state index in [-0.39, 0.29) is 5.92 Å². The molecule has 112 valence electrons. The van der Waals surface area contributed by atoms with Crippen LogP contribution in [0.5, 0.6) is 0 Å². The van der Waals surface area contributed by atoms with E-state index in [2.05, 4.69) is 40.2 Å². The minimum absolute atomic E-state index is 0.0173. The lowest BCUT2D eigenvalue weighted by Gasteiger charge is -2.23. The SMILES string of the molecule is NCC(c1ccccc1Br)C(O)CCCc1ccccc1. The molecule has 0 amide bonds. The Bertz CT molecular complexity index is 544. The zero-order chi connectivity index (χ0) is 15.1. The first-order valence-corrected chi connectivity index (χ1v) is 8.18. The van der Waals surface area contributed by atoms with Gasteiger partial charge in [0.15, 0.2) is 0 Å². The molecule has 2 aromatic carbocycles. The van der Waals surface area contributed by atoms with Gasteiger partial charge in [-0.25, -0.2) is 0 Å². The first-order valence-electron chi connectivity index (χ1n) is 7.39. The van der Waals surface area contributed by atoms with E-state index in [0.717, 1.165) is 29.3 Å². The maximum atomic E-state index is 10.5. The highest BCUT2D eigenvalue weighted by molar-refractivity contribution is 9.10. The molecule has 3 heteroatoms. The van der Waals surface area contributed by atoms with Crippen LogP contribution in [0.1, 0.15) is 29.9 Å². The summed E-state index contributed by atoms with van der Waals surface area (Å²) in [5, 5.41) is 10.5. The summed E-state index contributed by atoms with van der Waals surface area (Å²) in [4.78, 5) is 0. The van der Waals surface area contributed by atoms with Gasteiger partial charge in [-0.3, -0.25) is 0 Å². The molecule has 2 rings (SSSR count). The topological polar surface area (TPSA) is 46.2 Å². The second-order valence-corrected chi connectivity index (χ2v) is 6.16. The zero-order valence-electron chi connectivity index (χ0n) is 12.1. The molecule has 2 atom stereocenters. The van der Waals surface area contributed by atoms with Gasteiger partial charge in [0, 0.05) is 16.9 Å². The molecule has 0 radical (unpaired) electrons. The van der Waals surface area contributed by atoms with E-state index in [9.17, 15) is 5.11 Å². The summed E-state index contributed by atoms with van der Waals surface area (Å²) in [7, 11) is 0. The Hall–Kier alpha value is -1.16. The third-order valence-corrected chi connectivity index (χ3v) is 4.55. The molecule has 0 aliphatic carbocycles. The molecule has 0 aliphatic rings. The average Bonchev–Trinajstić information content (AvgIpc) is 2.51. The maximum absolute atomic E-state index is 10.5. The Morgan fingerprint density at radius 3 is 2.33 bits per heavy atom. The molecule has 0 aliphatic heterocycles. The van der Waals surface area contributed by atoms with Crippen LogP contribution >= 0.6 is 15.9 Å². The van der Waals surface area contributed by atoms with Gasteiger partial charge in [0.2, 0.25) is 0 Å². The molecular formula is C18H22BrNO. The van der Waals surface area contributed by atoms with Crippen molar-refractivity contribution < 1.29 is 5.11 Å². The van der Waals surface area contributed by atoms with Gasteiger partial charge in [0.25, 0.3) is 0 Å². The summed E-state index contributed by atoms with van der Waals surface area (Å²) in [6.45, 7) is 0.453. The summed E-state index contributed by atoms with van der Waals surface area (Å²) >= 11 is 3.54. The summed E-state index contributed by atoms with van der Waals surface area (Å²) < 4.78 is 1.02. The predicted octanol–water partition coefficient (Wildman–Crippen LogP) is 3.88. The van der Waals surface area contributed by atoms with Crippen LogP contribution in [-0.2, 0) is 6.42 Å². The summed E-state index contributed by atoms with van der Waals surface area (Å²) in [6.07, 6.45) is 2.31. The molecule has 0 saturated heterocycles. The van der Waals surface area contributed by atoms with Gasteiger partial charge < -0.3 is 10.8 Å². The lowest BCUT2D eigenvalue weighted by Crippen LogP contribution is -2.26. The number of hydrogen-bond donors (Lipinski definition) is 2. The van der Waals surface area contributed by atoms with E-state index >= 15 is 0 Å². The number of rotatable bonds is 7. The lowest BCUT2D eigenvalue weighted by molar-refractivity contribution is 0.133. The fourth-order valence-corrected chi connectivity index (χ4v) is 3.21. The monoisotopic (exact) mass is 347 g/mol. The third-order valence-electron chi connectivity index (χ3n) is 3.83. The fourth-order valence-electron chi connectivity index (χ4n) is 2.63. The number of nitrogens with two attached hydrogens (primary N) is 1. The largest absolute Gasteiger partial charge is 0.392 e. The van der Waals surface area contributed by atoms with Gasteiger partial charge in [-0.1, -0.05) is 64.5 Å². The Kier molecular flexibility index (Phi) is 6.43. The highest BCUT2D eigenvalue weighted by Gasteiger charge is 2.21. The van der Waals surface area contributed by atoms with Gasteiger partial charge in [0.1, 0.15) is 0 Å². The van der Waals surface area contributed by atoms with Crippen molar-refractivity contribution in [2.75, 3.05) is 6.54 Å². The number of halogens is 1. The van der Waals surface area contributed by atoms with E-state index in [1.165, 1.54) is 5.56 Å². The first kappa shape index (κ1) is 16.2. The quantitative estimate of drug-likeness (QED) is 0.798. The molecule has 3 N–H and O–H groups in total. The van der Waals surface area contributed by atoms with E-state index in [0.29, 0.717) is 6.54 Å². The minimum Gasteiger partial charge on any atom is -0.392 e. The van der Waals surface area contributed by atoms with Crippen LogP contribution in [0, 0.1) is 0 Å². The zero-order valence-corrected chi connectivity index (χ0v) is 13.7. The van der Waals surface area contributed by atoms with Crippen molar-refractivity contribution in [1.82, 2.24) is 0 Å². The Morgan fingerprint density at radius 2 is 1.67 bits per heavy atom. The Balaban J connectivity index is 1.92. The van der Waals surface area contributed by atoms with Crippen LogP contribution in [0.25, 0.3) is 0 Å². The number of hydrogen-bond acceptors (Lipinski definition) is 2. The van der Waals surface area contributed by atoms with Crippen molar-refractivity contribution >= 4 is 15.9 Å². The van der Waals surface area contributed by atoms with E-state index < -0.39 is 6.10 Å². The van der Waals surface area contributed by atoms with E-state index in [4.69, 9.17) is 5.73 Å². The summed E-state index contributed by atoms with van der Waals surface area (Å²) in [6, 6.07) is 18.4. The molecule has 21 heavy (non-hydrogen) atoms. The second-order valence-electron chi connectivity index (χ2n) is 5.31. The predicted molar refractivity (Wildman–Crippen MR) is 91.3 cm³/mol. The smallest absolute Gasteiger partial charge is 0.0621 e. The van der Waals surface area contributed by atoms with Crippen LogP contribution in [0.15, 0.2) is 59.1 Å². The maximum Gasteiger partial charge on any atom is 0.0621 e. The lowest BCUT2D eigenvalue weighted by atomic mass is 9.90. The summed E-state index contributed by atoms with van der Waals surface area (Å²) in [5.41, 5.74) is 8.28. The standard InChI is InChI=1S/C18H22BrNO/c19-17-11-5-4-10-15(17)16(13-20)18(21)12-6-9-14-7-2-1-3-8-14/h1-5,7-8,10-11,16,18,21H,6,9,12-13,20H2. The molecule has 0 heterocycles. The van der Waals surface area contributed by atoms with Gasteiger partial charge in [-0.05, 0) is 36.5 Å². The fraction of sp³-hybridized carbons (Fsp3) is 0.333. The van der Waals surface area contributed by atoms with Gasteiger partial charge in [-0.2, -0.15) is 0 Å². The molecule has 2 nitrogen and oxygen atoms in total. The molecule has 0 aromatic heterocycles. The molecular weight excluding hydrogens is 326 g/mol. The second kappa shape index (κ2) is 8.32. The van der Waals surface area contributed by atoms with Crippen molar-refractivity contribution in [3.63, 3.8) is 0 Å². The average molecular weight is 348 g/mol. The highest BCUT2D eigenvalue weighted by Crippen LogP contribution is 2.28. The molecule has 2 aromatic rings. The van der Waals surface area contributed by atoms with Crippen LogP contribution in [0.3, 0.4) is 0 Å². The minimum atomic E-state index is -0.405. The normalized spacial score (nSPS) is 13.9. The van der Waals surface area contributed by atoms with Gasteiger partial charge in [0.05, 0.1) is 6.10 Å². The molecule has 0 bridgehead atoms. The van der Waals surface area contributed by atoms with Crippen molar-refractivity contribution in [3.8, 4) is 0 Å². The van der Waals surface area contributed by atoms with Crippen molar-refractivity contribution in [1.29, 1.82) is 0 Å². The Labute approximate surface area is 135 Å². The van der Waals surface area contributed by atoms with Crippen LogP contribution < -0.4 is 5.73 Å². The highest BCUT2D eigenvalue weighted by atomic mass is 79.9. The number of aryl methyl sites for hydroxylation is 1. The number of aliphatic hydroxyl groups excluding tert-OH is 1.